The number of benzene rings is 1. The first-order chi connectivity index (χ1) is 6.38. The van der Waals surface area contributed by atoms with Gasteiger partial charge in [-0.15, -0.1) is 0 Å². The van der Waals surface area contributed by atoms with Gasteiger partial charge in [-0.2, -0.15) is 0 Å². The van der Waals surface area contributed by atoms with Crippen molar-refractivity contribution in [2.24, 2.45) is 0 Å². The third-order valence-corrected chi connectivity index (χ3v) is 1.97. The van der Waals surface area contributed by atoms with Crippen LogP contribution in [0.3, 0.4) is 0 Å². The average Bonchev–Trinajstić information content (AvgIpc) is 2.19. The smallest absolute Gasteiger partial charge is 0.0183 e. The van der Waals surface area contributed by atoms with Gasteiger partial charge >= 0.3 is 0 Å². The molecule has 1 N–H and O–H groups in total. The van der Waals surface area contributed by atoms with Crippen molar-refractivity contribution in [3.63, 3.8) is 0 Å². The number of nitrogens with one attached hydrogen (secondary N) is 1. The van der Waals surface area contributed by atoms with Crippen LogP contribution in [0.4, 0.5) is 0 Å². The molecular formula is C11H10IN. The van der Waals surface area contributed by atoms with Gasteiger partial charge in [0.15, 0.2) is 0 Å². The van der Waals surface area contributed by atoms with E-state index in [-0.39, 0.29) is 0 Å². The van der Waals surface area contributed by atoms with E-state index in [0.29, 0.717) is 0 Å². The first-order valence-electron chi connectivity index (χ1n) is 3.91. The average molecular weight is 283 g/mol. The topological polar surface area (TPSA) is 23.9 Å². The minimum absolute atomic E-state index is 1.06. The van der Waals surface area contributed by atoms with Crippen LogP contribution in [0.1, 0.15) is 5.56 Å². The first-order valence-corrected chi connectivity index (χ1v) is 5.16. The van der Waals surface area contributed by atoms with Crippen LogP contribution in [0, 0.1) is 5.41 Å². The fourth-order valence-electron chi connectivity index (χ4n) is 1.04. The molecule has 0 unspecified atom stereocenters. The summed E-state index contributed by atoms with van der Waals surface area (Å²) >= 11 is 2.17. The summed E-state index contributed by atoms with van der Waals surface area (Å²) in [4.78, 5) is 0. The lowest BCUT2D eigenvalue weighted by Crippen LogP contribution is -1.79. The van der Waals surface area contributed by atoms with E-state index in [2.05, 4.69) is 22.6 Å². The Morgan fingerprint density at radius 2 is 1.92 bits per heavy atom. The molecule has 0 aliphatic carbocycles. The highest BCUT2D eigenvalue weighted by Gasteiger charge is 1.93. The number of allylic oxidation sites excluding steroid dienone is 3. The van der Waals surface area contributed by atoms with Gasteiger partial charge in [-0.25, -0.2) is 0 Å². The number of hydrogen-bond donors (Lipinski definition) is 1. The van der Waals surface area contributed by atoms with Crippen LogP contribution < -0.4 is 0 Å². The maximum Gasteiger partial charge on any atom is 0.0183 e. The molecule has 13 heavy (non-hydrogen) atoms. The molecule has 0 bridgehead atoms. The van der Waals surface area contributed by atoms with E-state index < -0.39 is 0 Å². The Morgan fingerprint density at radius 3 is 2.46 bits per heavy atom. The summed E-state index contributed by atoms with van der Waals surface area (Å²) in [7, 11) is 0. The van der Waals surface area contributed by atoms with Crippen molar-refractivity contribution in [3.05, 3.63) is 52.1 Å². The molecule has 0 aliphatic rings. The second-order valence-electron chi connectivity index (χ2n) is 2.45. The molecule has 0 atom stereocenters. The number of rotatable bonds is 3. The van der Waals surface area contributed by atoms with Crippen molar-refractivity contribution in [3.8, 4) is 0 Å². The van der Waals surface area contributed by atoms with Gasteiger partial charge in [-0.3, -0.25) is 0 Å². The van der Waals surface area contributed by atoms with Crippen LogP contribution in [-0.4, -0.2) is 6.21 Å². The molecule has 0 spiro atoms. The summed E-state index contributed by atoms with van der Waals surface area (Å²) in [6.07, 6.45) is 5.07. The maximum atomic E-state index is 7.02. The zero-order chi connectivity index (χ0) is 9.52. The Labute approximate surface area is 91.8 Å². The lowest BCUT2D eigenvalue weighted by Gasteiger charge is -1.99. The molecule has 0 saturated heterocycles. The summed E-state index contributed by atoms with van der Waals surface area (Å²) in [5.41, 5.74) is 2.20. The quantitative estimate of drug-likeness (QED) is 0.497. The third kappa shape index (κ3) is 3.14. The third-order valence-electron chi connectivity index (χ3n) is 1.61. The fraction of sp³-hybridized carbons (Fsp3) is 0. The van der Waals surface area contributed by atoms with Crippen LogP contribution in [0.15, 0.2) is 46.6 Å². The predicted octanol–water partition coefficient (Wildman–Crippen LogP) is 3.67. The Morgan fingerprint density at radius 1 is 1.23 bits per heavy atom. The monoisotopic (exact) mass is 283 g/mol. The molecule has 66 valence electrons. The second kappa shape index (κ2) is 5.70. The van der Waals surface area contributed by atoms with Gasteiger partial charge in [0.05, 0.1) is 0 Å². The minimum atomic E-state index is 1.06. The van der Waals surface area contributed by atoms with E-state index in [0.717, 1.165) is 11.1 Å². The van der Waals surface area contributed by atoms with Gasteiger partial charge in [-0.1, -0.05) is 52.9 Å². The van der Waals surface area contributed by atoms with Crippen LogP contribution in [0.2, 0.25) is 0 Å². The van der Waals surface area contributed by atoms with Gasteiger partial charge < -0.3 is 5.41 Å². The highest BCUT2D eigenvalue weighted by Crippen LogP contribution is 2.15. The molecule has 0 aliphatic heterocycles. The molecule has 0 aromatic heterocycles. The molecule has 1 nitrogen and oxygen atoms in total. The largest absolute Gasteiger partial charge is 0.309 e. The minimum Gasteiger partial charge on any atom is -0.309 e. The lowest BCUT2D eigenvalue weighted by molar-refractivity contribution is 1.57. The van der Waals surface area contributed by atoms with Gasteiger partial charge in [0.1, 0.15) is 0 Å². The standard InChI is InChI=1S/C11H10IN/c12-8-6-11(7-9-13)10-4-2-1-3-5-10/h1-9,13H/b8-6-,11-7+,13-9?. The second-order valence-corrected chi connectivity index (χ2v) is 3.17. The molecule has 2 heteroatoms. The summed E-state index contributed by atoms with van der Waals surface area (Å²) in [6.45, 7) is 0. The van der Waals surface area contributed by atoms with E-state index >= 15 is 0 Å². The maximum absolute atomic E-state index is 7.02. The Bertz CT molecular complexity index is 325. The molecule has 1 aromatic carbocycles. The van der Waals surface area contributed by atoms with Gasteiger partial charge in [0.25, 0.3) is 0 Å². The molecule has 1 aromatic rings. The van der Waals surface area contributed by atoms with Crippen LogP contribution in [0.25, 0.3) is 5.57 Å². The Hall–Kier alpha value is -0.900. The van der Waals surface area contributed by atoms with E-state index in [1.54, 1.807) is 6.08 Å². The zero-order valence-electron chi connectivity index (χ0n) is 7.07. The molecule has 0 heterocycles. The van der Waals surface area contributed by atoms with Crippen LogP contribution >= 0.6 is 22.6 Å². The molecule has 0 fully saturated rings. The number of hydrogen-bond acceptors (Lipinski definition) is 1. The van der Waals surface area contributed by atoms with E-state index in [1.807, 2.05) is 40.5 Å². The Kier molecular flexibility index (Phi) is 4.46. The molecular weight excluding hydrogens is 273 g/mol. The van der Waals surface area contributed by atoms with Crippen molar-refractivity contribution in [2.45, 2.75) is 0 Å². The molecule has 0 amide bonds. The highest BCUT2D eigenvalue weighted by atomic mass is 127. The van der Waals surface area contributed by atoms with Gasteiger partial charge in [-0.05, 0) is 27.4 Å². The number of halogens is 1. The lowest BCUT2D eigenvalue weighted by atomic mass is 10.1. The SMILES string of the molecule is N=C/C=C(\C=C/I)c1ccccc1. The summed E-state index contributed by atoms with van der Waals surface area (Å²) in [6, 6.07) is 10.0. The van der Waals surface area contributed by atoms with Gasteiger partial charge in [0.2, 0.25) is 0 Å². The van der Waals surface area contributed by atoms with E-state index in [9.17, 15) is 0 Å². The van der Waals surface area contributed by atoms with Crippen molar-refractivity contribution in [1.82, 2.24) is 0 Å². The summed E-state index contributed by atoms with van der Waals surface area (Å²) < 4.78 is 1.94. The fourth-order valence-corrected chi connectivity index (χ4v) is 1.42. The molecule has 1 rings (SSSR count). The van der Waals surface area contributed by atoms with Crippen LogP contribution in [-0.2, 0) is 0 Å². The first kappa shape index (κ1) is 10.2. The Balaban J connectivity index is 3.03. The normalized spacial score (nSPS) is 11.9. The van der Waals surface area contributed by atoms with Crippen molar-refractivity contribution >= 4 is 34.4 Å². The van der Waals surface area contributed by atoms with Gasteiger partial charge in [0, 0.05) is 6.21 Å². The highest BCUT2D eigenvalue weighted by molar-refractivity contribution is 14.1. The molecule has 0 saturated carbocycles. The summed E-state index contributed by atoms with van der Waals surface area (Å²) in [5, 5.41) is 7.02. The molecule has 0 radical (unpaired) electrons. The van der Waals surface area contributed by atoms with Crippen molar-refractivity contribution < 1.29 is 0 Å². The van der Waals surface area contributed by atoms with Crippen molar-refractivity contribution in [2.75, 3.05) is 0 Å². The zero-order valence-corrected chi connectivity index (χ0v) is 9.23. The predicted molar refractivity (Wildman–Crippen MR) is 66.4 cm³/mol. The van der Waals surface area contributed by atoms with Crippen molar-refractivity contribution in [1.29, 1.82) is 5.41 Å². The van der Waals surface area contributed by atoms with E-state index in [4.69, 9.17) is 5.41 Å². The van der Waals surface area contributed by atoms with E-state index in [1.165, 1.54) is 6.21 Å². The van der Waals surface area contributed by atoms with Crippen LogP contribution in [0.5, 0.6) is 0 Å². The summed E-state index contributed by atoms with van der Waals surface area (Å²) in [5.74, 6) is 0.